The monoisotopic (exact) mass is 585 g/mol. The molecule has 2 fully saturated rings. The molecule has 3 heterocycles. The van der Waals surface area contributed by atoms with E-state index in [1.807, 2.05) is 13.8 Å². The average Bonchev–Trinajstić information content (AvgIpc) is 3.30. The second-order valence-corrected chi connectivity index (χ2v) is 10.4. The minimum absolute atomic E-state index is 0.0600. The normalized spacial score (nSPS) is 23.0. The fourth-order valence-corrected chi connectivity index (χ4v) is 5.37. The van der Waals surface area contributed by atoms with Gasteiger partial charge in [0.25, 0.3) is 17.5 Å². The maximum Gasteiger partial charge on any atom is 0.294 e. The highest BCUT2D eigenvalue weighted by molar-refractivity contribution is 9.10. The molecule has 4 rings (SSSR count). The van der Waals surface area contributed by atoms with E-state index >= 15 is 0 Å². The fraction of sp³-hybridized carbons (Fsp3) is 0.440. The summed E-state index contributed by atoms with van der Waals surface area (Å²) in [6.07, 6.45) is 2.88. The minimum atomic E-state index is -0.757. The third-order valence-electron chi connectivity index (χ3n) is 6.55. The Balaban J connectivity index is 1.64. The predicted octanol–water partition coefficient (Wildman–Crippen LogP) is 3.26. The number of carbonyl (C=O) groups is 2. The number of carbonyl (C=O) groups excluding carboxylic acids is 2. The summed E-state index contributed by atoms with van der Waals surface area (Å²) in [7, 11) is 1.71. The molecule has 0 bridgehead atoms. The van der Waals surface area contributed by atoms with Gasteiger partial charge in [0.15, 0.2) is 0 Å². The molecule has 12 nitrogen and oxygen atoms in total. The average molecular weight is 586 g/mol. The van der Waals surface area contributed by atoms with Crippen LogP contribution in [0.1, 0.15) is 41.0 Å². The second kappa shape index (κ2) is 11.3. The van der Waals surface area contributed by atoms with Crippen LogP contribution in [-0.4, -0.2) is 82.5 Å². The van der Waals surface area contributed by atoms with Crippen LogP contribution in [0.4, 0.5) is 17.1 Å². The number of pyridine rings is 1. The zero-order chi connectivity index (χ0) is 27.6. The lowest BCUT2D eigenvalue weighted by Gasteiger charge is -2.35. The van der Waals surface area contributed by atoms with E-state index in [0.29, 0.717) is 28.8 Å². The van der Waals surface area contributed by atoms with Crippen LogP contribution in [0, 0.1) is 21.4 Å². The van der Waals surface area contributed by atoms with Crippen molar-refractivity contribution in [3.8, 4) is 6.07 Å². The van der Waals surface area contributed by atoms with Crippen molar-refractivity contribution in [3.63, 3.8) is 0 Å². The number of nitro benzene ring substituents is 1. The number of nitrogens with zero attached hydrogens (tertiary/aromatic N) is 5. The van der Waals surface area contributed by atoms with Crippen LogP contribution in [0.15, 0.2) is 35.1 Å². The van der Waals surface area contributed by atoms with Crippen molar-refractivity contribution in [2.24, 2.45) is 0 Å². The number of anilines is 2. The summed E-state index contributed by atoms with van der Waals surface area (Å²) < 4.78 is 6.12. The highest BCUT2D eigenvalue weighted by Crippen LogP contribution is 2.36. The number of nitriles is 1. The molecule has 38 heavy (non-hydrogen) atoms. The minimum Gasteiger partial charge on any atom is -0.387 e. The number of benzene rings is 1. The quantitative estimate of drug-likeness (QED) is 0.384. The first-order valence-corrected chi connectivity index (χ1v) is 12.9. The Morgan fingerprint density at radius 1 is 1.18 bits per heavy atom. The molecule has 2 aliphatic rings. The van der Waals surface area contributed by atoms with Gasteiger partial charge in [0.1, 0.15) is 11.7 Å². The molecule has 0 saturated carbocycles. The van der Waals surface area contributed by atoms with Gasteiger partial charge in [0.2, 0.25) is 0 Å². The molecule has 1 aromatic heterocycles. The maximum atomic E-state index is 13.6. The largest absolute Gasteiger partial charge is 0.387 e. The Morgan fingerprint density at radius 2 is 1.89 bits per heavy atom. The molecule has 4 atom stereocenters. The first-order chi connectivity index (χ1) is 18.1. The van der Waals surface area contributed by atoms with E-state index in [1.165, 1.54) is 17.2 Å². The van der Waals surface area contributed by atoms with E-state index in [2.05, 4.69) is 37.6 Å². The van der Waals surface area contributed by atoms with Gasteiger partial charge in [-0.15, -0.1) is 0 Å². The summed E-state index contributed by atoms with van der Waals surface area (Å²) in [6.45, 7) is 4.56. The van der Waals surface area contributed by atoms with Crippen LogP contribution in [0.25, 0.3) is 0 Å². The van der Waals surface area contributed by atoms with Crippen molar-refractivity contribution >= 4 is 44.8 Å². The van der Waals surface area contributed by atoms with Gasteiger partial charge in [-0.1, -0.05) is 15.9 Å². The van der Waals surface area contributed by atoms with E-state index in [-0.39, 0.29) is 53.9 Å². The van der Waals surface area contributed by atoms with Gasteiger partial charge in [-0.25, -0.2) is 0 Å². The number of amides is 2. The van der Waals surface area contributed by atoms with Gasteiger partial charge in [0, 0.05) is 62.1 Å². The number of ether oxygens (including phenoxy) is 1. The van der Waals surface area contributed by atoms with Gasteiger partial charge < -0.3 is 25.2 Å². The topological polar surface area (TPSA) is 154 Å². The highest BCUT2D eigenvalue weighted by atomic mass is 79.9. The van der Waals surface area contributed by atoms with E-state index in [1.54, 1.807) is 30.3 Å². The molecule has 0 aliphatic carbocycles. The first-order valence-electron chi connectivity index (χ1n) is 12.1. The number of nitro groups is 1. The highest BCUT2D eigenvalue weighted by Gasteiger charge is 2.38. The van der Waals surface area contributed by atoms with Gasteiger partial charge in [-0.3, -0.25) is 24.7 Å². The number of rotatable bonds is 6. The third kappa shape index (κ3) is 5.71. The van der Waals surface area contributed by atoms with Crippen molar-refractivity contribution in [2.45, 2.75) is 44.6 Å². The Morgan fingerprint density at radius 3 is 2.53 bits per heavy atom. The fourth-order valence-electron chi connectivity index (χ4n) is 4.92. The molecule has 2 aromatic rings. The lowest BCUT2D eigenvalue weighted by molar-refractivity contribution is -0.384. The van der Waals surface area contributed by atoms with E-state index in [4.69, 9.17) is 4.74 Å². The standard InChI is InChI=1S/C25H28BrN7O5/c1-14-11-31(12-15(2)38-14)25(35)21-5-17(26)6-22(33(36)37)23(21)30-19-7-20(8-27)32(13-19)24(34)16-4-18(28-3)10-29-9-16/h4-6,9-10,14-15,19-20,28,30H,7,11-13H2,1-3H3/t14-,15+,19-,20-/m1/s1. The molecule has 2 saturated heterocycles. The van der Waals surface area contributed by atoms with Gasteiger partial charge in [-0.05, 0) is 26.0 Å². The number of aromatic nitrogens is 1. The molecular formula is C25H28BrN7O5. The van der Waals surface area contributed by atoms with Crippen LogP contribution in [0.2, 0.25) is 0 Å². The van der Waals surface area contributed by atoms with Crippen LogP contribution in [-0.2, 0) is 4.74 Å². The number of likely N-dealkylation sites (tertiary alicyclic amines) is 1. The predicted molar refractivity (Wildman–Crippen MR) is 143 cm³/mol. The second-order valence-electron chi connectivity index (χ2n) is 9.46. The van der Waals surface area contributed by atoms with E-state index in [9.17, 15) is 25.0 Å². The van der Waals surface area contributed by atoms with Gasteiger partial charge >= 0.3 is 0 Å². The zero-order valence-corrected chi connectivity index (χ0v) is 22.8. The van der Waals surface area contributed by atoms with Crippen molar-refractivity contribution < 1.29 is 19.2 Å². The third-order valence-corrected chi connectivity index (χ3v) is 7.01. The van der Waals surface area contributed by atoms with Crippen molar-refractivity contribution in [1.29, 1.82) is 5.26 Å². The van der Waals surface area contributed by atoms with Crippen molar-refractivity contribution in [1.82, 2.24) is 14.8 Å². The molecule has 13 heteroatoms. The molecule has 2 N–H and O–H groups in total. The molecular weight excluding hydrogens is 558 g/mol. The molecule has 2 aliphatic heterocycles. The summed E-state index contributed by atoms with van der Waals surface area (Å²) in [5.74, 6) is -0.736. The van der Waals surface area contributed by atoms with Crippen LogP contribution in [0.5, 0.6) is 0 Å². The summed E-state index contributed by atoms with van der Waals surface area (Å²) in [6, 6.07) is 5.42. The number of hydrogen-bond donors (Lipinski definition) is 2. The molecule has 0 unspecified atom stereocenters. The van der Waals surface area contributed by atoms with Gasteiger partial charge in [-0.2, -0.15) is 5.26 Å². The molecule has 0 spiro atoms. The van der Waals surface area contributed by atoms with Crippen LogP contribution < -0.4 is 10.6 Å². The number of morpholine rings is 1. The molecule has 200 valence electrons. The smallest absolute Gasteiger partial charge is 0.294 e. The number of nitrogens with one attached hydrogen (secondary N) is 2. The lowest BCUT2D eigenvalue weighted by Crippen LogP contribution is -2.48. The van der Waals surface area contributed by atoms with Crippen LogP contribution >= 0.6 is 15.9 Å². The van der Waals surface area contributed by atoms with Crippen molar-refractivity contribution in [3.05, 3.63) is 56.3 Å². The first kappa shape index (κ1) is 27.3. The number of hydrogen-bond acceptors (Lipinski definition) is 9. The molecule has 0 radical (unpaired) electrons. The molecule has 1 aromatic carbocycles. The maximum absolute atomic E-state index is 13.6. The van der Waals surface area contributed by atoms with Gasteiger partial charge in [0.05, 0.1) is 40.0 Å². The summed E-state index contributed by atoms with van der Waals surface area (Å²) >= 11 is 3.30. The Labute approximate surface area is 228 Å². The Hall–Kier alpha value is -3.76. The Bertz CT molecular complexity index is 1290. The zero-order valence-electron chi connectivity index (χ0n) is 21.2. The van der Waals surface area contributed by atoms with E-state index in [0.717, 1.165) is 0 Å². The number of halogens is 1. The Kier molecular flexibility index (Phi) is 8.13. The van der Waals surface area contributed by atoms with E-state index < -0.39 is 17.0 Å². The summed E-state index contributed by atoms with van der Waals surface area (Å²) in [5.41, 5.74) is 0.889. The van der Waals surface area contributed by atoms with Crippen molar-refractivity contribution in [2.75, 3.05) is 37.3 Å². The summed E-state index contributed by atoms with van der Waals surface area (Å²) in [4.78, 5) is 45.4. The summed E-state index contributed by atoms with van der Waals surface area (Å²) in [5, 5.41) is 27.8. The lowest BCUT2D eigenvalue weighted by atomic mass is 10.1. The van der Waals surface area contributed by atoms with Crippen LogP contribution in [0.3, 0.4) is 0 Å². The molecule has 2 amide bonds. The SMILES string of the molecule is CNc1cncc(C(=O)N2C[C@H](Nc3c(C(=O)N4C[C@@H](C)O[C@@H](C)C4)cc(Br)cc3[N+](=O)[O-])C[C@@H]2C#N)c1.